The van der Waals surface area contributed by atoms with E-state index >= 15 is 0 Å². The molecule has 0 heterocycles. The van der Waals surface area contributed by atoms with Crippen molar-refractivity contribution >= 4 is 104 Å². The number of rotatable bonds is 0. The molecule has 0 aromatic heterocycles. The van der Waals surface area contributed by atoms with Crippen molar-refractivity contribution in [3.8, 4) is 0 Å². The van der Waals surface area contributed by atoms with Crippen LogP contribution < -0.4 is 0 Å². The molecule has 0 aliphatic heterocycles. The molecule has 40 unspecified atom stereocenters. The van der Waals surface area contributed by atoms with Crippen LogP contribution in [0.1, 0.15) is 141 Å². The fourth-order valence-corrected chi connectivity index (χ4v) is 45.1. The van der Waals surface area contributed by atoms with E-state index < -0.39 is 0 Å². The lowest BCUT2D eigenvalue weighted by Crippen LogP contribution is -2.47. The van der Waals surface area contributed by atoms with Crippen molar-refractivity contribution in [3.63, 3.8) is 0 Å². The van der Waals surface area contributed by atoms with E-state index in [1.165, 1.54) is 226 Å². The van der Waals surface area contributed by atoms with E-state index in [4.69, 9.17) is 0 Å². The van der Waals surface area contributed by atoms with Crippen molar-refractivity contribution in [3.05, 3.63) is 158 Å². The molecule has 45 rings (SSSR count). The molecule has 24 bridgehead atoms. The van der Waals surface area contributed by atoms with E-state index in [-0.39, 0.29) is 176 Å². The van der Waals surface area contributed by atoms with Crippen LogP contribution in [-0.4, -0.2) is 104 Å². The third-order valence-corrected chi connectivity index (χ3v) is 48.6. The summed E-state index contributed by atoms with van der Waals surface area (Å²) in [6.07, 6.45) is 73.0. The summed E-state index contributed by atoms with van der Waals surface area (Å²) in [4.78, 5) is 207. The molecular formula is C121H122O18. The Bertz CT molecular complexity index is 5570. The summed E-state index contributed by atoms with van der Waals surface area (Å²) in [6, 6.07) is 0. The van der Waals surface area contributed by atoms with Crippen LogP contribution in [0.4, 0.5) is 0 Å². The van der Waals surface area contributed by atoms with Crippen LogP contribution in [0, 0.1) is 324 Å². The highest BCUT2D eigenvalue weighted by atomic mass is 16.2. The SMILES string of the molecule is C1=CC2(C=C1)CC2.C1=CC2CCC1CC2.C1=CC2CCC1CC2.O=C1C2C3C(=O)C4C1C1C2C3C4C12CC2.O=C1C2C3C(=O)C4C1C1C5CC(C21)C3C54.O=C1C2C3C(=O)C4C1C1C5CCC(C21)C3C54.O=C1C=CC(=O)C2C1C1C3CC4C1C4C32.O=C1C=CC(=O)C2C1C1C3CCC4C1C4C32.O=C1C=CC(=O)C2C1C1CCC2C12CC2.O=C1C=CC(=O)C=C1.O=C1C=CC(=O)C=C1.O=C1C=CC(=O)C=C1. The molecule has 45 aliphatic rings. The third-order valence-electron chi connectivity index (χ3n) is 48.6. The first-order chi connectivity index (χ1) is 67.4. The number of carbonyl (C=O) groups is 18. The number of fused-ring (bicyclic) bond motifs is 17. The highest BCUT2D eigenvalue weighted by Gasteiger charge is 2.93. The minimum absolute atomic E-state index is 0.0729. The number of ketones is 18. The first kappa shape index (κ1) is 85.3. The zero-order valence-corrected chi connectivity index (χ0v) is 78.4. The molecule has 0 saturated heterocycles. The Balaban J connectivity index is 0.0000000724. The number of carbonyl (C=O) groups excluding carboxylic acids is 18. The summed E-state index contributed by atoms with van der Waals surface area (Å²) >= 11 is 0. The van der Waals surface area contributed by atoms with Gasteiger partial charge in [-0.3, -0.25) is 86.3 Å². The second kappa shape index (κ2) is 29.5. The van der Waals surface area contributed by atoms with Crippen LogP contribution in [0.2, 0.25) is 0 Å². The van der Waals surface area contributed by atoms with Gasteiger partial charge in [-0.2, -0.15) is 0 Å². The van der Waals surface area contributed by atoms with Gasteiger partial charge in [0, 0.05) is 112 Å². The number of hydrogen-bond acceptors (Lipinski definition) is 18. The molecule has 45 aliphatic carbocycles. The molecule has 34 fully saturated rings. The molecule has 0 amide bonds. The monoisotopic (exact) mass is 1860 g/mol. The fraction of sp³-hybridized carbons (Fsp3) is 0.636. The largest absolute Gasteiger partial charge is 0.299 e. The van der Waals surface area contributed by atoms with E-state index in [1.807, 2.05) is 0 Å². The predicted octanol–water partition coefficient (Wildman–Crippen LogP) is 14.5. The van der Waals surface area contributed by atoms with E-state index in [2.05, 4.69) is 48.6 Å². The summed E-state index contributed by atoms with van der Waals surface area (Å²) in [6.45, 7) is 0. The van der Waals surface area contributed by atoms with Crippen molar-refractivity contribution in [2.75, 3.05) is 0 Å². The van der Waals surface area contributed by atoms with Gasteiger partial charge >= 0.3 is 0 Å². The van der Waals surface area contributed by atoms with E-state index in [0.29, 0.717) is 157 Å². The molecule has 18 nitrogen and oxygen atoms in total. The van der Waals surface area contributed by atoms with Crippen molar-refractivity contribution in [2.45, 2.75) is 141 Å². The lowest BCUT2D eigenvalue weighted by Gasteiger charge is -2.47. The van der Waals surface area contributed by atoms with Gasteiger partial charge in [0.15, 0.2) is 69.4 Å². The molecule has 0 radical (unpaired) electrons. The van der Waals surface area contributed by atoms with Crippen LogP contribution in [0.5, 0.6) is 0 Å². The zero-order chi connectivity index (χ0) is 93.9. The summed E-state index contributed by atoms with van der Waals surface area (Å²) in [5.74, 6) is 32.4. The van der Waals surface area contributed by atoms with Crippen molar-refractivity contribution in [1.82, 2.24) is 0 Å². The highest BCUT2D eigenvalue weighted by molar-refractivity contribution is 6.17. The minimum atomic E-state index is -0.121. The lowest BCUT2D eigenvalue weighted by atomic mass is 9.57. The number of allylic oxidation sites excluding steroid dienone is 26. The van der Waals surface area contributed by atoms with Crippen molar-refractivity contribution < 1.29 is 86.3 Å². The standard InChI is InChI=1S/2C14H14O2.3C13H12O2.C13H14O2.2C8H12.C7H8.3C6H4O2/c15-13-9-5-3-1-2-4-7(5)11(13)12-8(4)6(3)10(9)14(12)16;15-7-3-4-8(16)14-12-6-2-1-5-9(10(5)12)11(6)13(7)14;14-11-5-3-4-6(5)12(15)8-7(11)9(3)13(1-2-13)10(4)8;14-12-8-4-2-1-3-6(4)10(12)11-7(3)5(2)9(8)13(11)15;14-6-1-2-7(15)13-11-5-3-4-8(9(4)11)10(5)12(6)13;14-9-3-4-10(15)12-8-2-1-7(11(9)12)13(8)5-6-13;2*1-2-8-5-3-7(1)4-6-8;1-2-4-7(3-1)5-6-7;3*7-5-1-2-6(8)4-3-5/h3-12H,1-2H2;3-6,9-14H,1-2H2;3-10H,1-2H2;2-11H,1H2;1-2,4-5,8-13H,3H2;3-4,7-8,11-12H,1-2,5-6H2;2*1-2,7-8H,3-6H2;1-4H,5-6H2;3*1-4H. The second-order valence-electron chi connectivity index (χ2n) is 51.9. The average molecular weight is 1860 g/mol. The third kappa shape index (κ3) is 11.2. The van der Waals surface area contributed by atoms with Gasteiger partial charge in [-0.1, -0.05) is 48.6 Å². The van der Waals surface area contributed by atoms with Gasteiger partial charge in [0.1, 0.15) is 34.7 Å². The molecule has 40 atom stereocenters. The smallest absolute Gasteiger partial charge is 0.178 e. The zero-order valence-electron chi connectivity index (χ0n) is 78.4. The quantitative estimate of drug-likeness (QED) is 0.161. The van der Waals surface area contributed by atoms with Crippen LogP contribution in [0.25, 0.3) is 0 Å². The molecule has 0 aromatic rings. The summed E-state index contributed by atoms with van der Waals surface area (Å²) in [5.41, 5.74) is 1.54. The molecule has 34 saturated carbocycles. The summed E-state index contributed by atoms with van der Waals surface area (Å²) in [7, 11) is 0. The maximum absolute atomic E-state index is 12.4. The maximum atomic E-state index is 12.4. The predicted molar refractivity (Wildman–Crippen MR) is 499 cm³/mol. The van der Waals surface area contributed by atoms with E-state index in [1.54, 1.807) is 24.3 Å². The summed E-state index contributed by atoms with van der Waals surface area (Å²) in [5, 5.41) is 0. The summed E-state index contributed by atoms with van der Waals surface area (Å²) < 4.78 is 0. The van der Waals surface area contributed by atoms with Gasteiger partial charge in [-0.25, -0.2) is 0 Å². The molecule has 3 spiro atoms. The van der Waals surface area contributed by atoms with Crippen LogP contribution in [0.3, 0.4) is 0 Å². The van der Waals surface area contributed by atoms with Crippen molar-refractivity contribution in [2.24, 2.45) is 324 Å². The van der Waals surface area contributed by atoms with Crippen LogP contribution >= 0.6 is 0 Å². The van der Waals surface area contributed by atoms with Crippen LogP contribution in [0.15, 0.2) is 158 Å². The first-order valence-corrected chi connectivity index (χ1v) is 54.9. The Hall–Kier alpha value is -9.32. The molecule has 139 heavy (non-hydrogen) atoms. The Morgan fingerprint density at radius 1 is 0.180 bits per heavy atom. The Morgan fingerprint density at radius 2 is 0.388 bits per heavy atom. The molecule has 18 heteroatoms. The lowest BCUT2D eigenvalue weighted by molar-refractivity contribution is -0.145. The van der Waals surface area contributed by atoms with Gasteiger partial charge in [0.25, 0.3) is 0 Å². The fourth-order valence-electron chi connectivity index (χ4n) is 45.1. The molecule has 0 N–H and O–H groups in total. The molecule has 0 aromatic carbocycles. The van der Waals surface area contributed by atoms with E-state index in [9.17, 15) is 86.3 Å². The number of hydrogen-bond donors (Lipinski definition) is 0. The topological polar surface area (TPSA) is 307 Å². The Morgan fingerprint density at radius 3 is 0.626 bits per heavy atom. The molecular weight excluding hydrogens is 1740 g/mol. The number of Topliss-reactive ketones (excluding diaryl/α,β-unsaturated/α-hetero) is 6. The van der Waals surface area contributed by atoms with Crippen LogP contribution in [-0.2, 0) is 86.3 Å². The first-order valence-electron chi connectivity index (χ1n) is 54.9. The molecule has 714 valence electrons. The van der Waals surface area contributed by atoms with Crippen molar-refractivity contribution in [1.29, 1.82) is 0 Å². The van der Waals surface area contributed by atoms with Gasteiger partial charge in [0.05, 0.1) is 0 Å². The van der Waals surface area contributed by atoms with Gasteiger partial charge in [-0.05, 0) is 463 Å². The highest BCUT2D eigenvalue weighted by Crippen LogP contribution is 2.92. The minimum Gasteiger partial charge on any atom is -0.299 e. The van der Waals surface area contributed by atoms with E-state index in [0.717, 1.165) is 94.7 Å². The van der Waals surface area contributed by atoms with Gasteiger partial charge < -0.3 is 0 Å². The van der Waals surface area contributed by atoms with Gasteiger partial charge in [-0.15, -0.1) is 0 Å². The van der Waals surface area contributed by atoms with Gasteiger partial charge in [0.2, 0.25) is 0 Å². The maximum Gasteiger partial charge on any atom is 0.178 e. The average Bonchev–Trinajstić information content (AvgIpc) is 1.43. The normalized spacial score (nSPS) is 54.2. The Labute approximate surface area is 808 Å². The Kier molecular flexibility index (Phi) is 18.1. The second-order valence-corrected chi connectivity index (χ2v) is 51.9.